The number of hydrogen-bond acceptors (Lipinski definition) is 4. The largest absolute Gasteiger partial charge is 0.354 e. The maximum Gasteiger partial charge on any atom is 0.264 e. The first-order valence-electron chi connectivity index (χ1n) is 13.5. The summed E-state index contributed by atoms with van der Waals surface area (Å²) >= 11 is 6.38. The van der Waals surface area contributed by atoms with Gasteiger partial charge in [0.15, 0.2) is 0 Å². The zero-order valence-corrected chi connectivity index (χ0v) is 25.1. The van der Waals surface area contributed by atoms with E-state index in [2.05, 4.69) is 5.32 Å². The van der Waals surface area contributed by atoms with Gasteiger partial charge in [0.05, 0.1) is 10.6 Å². The monoisotopic (exact) mass is 583 g/mol. The topological polar surface area (TPSA) is 86.8 Å². The number of anilines is 1. The molecule has 1 atom stereocenters. The summed E-state index contributed by atoms with van der Waals surface area (Å²) in [6, 6.07) is 19.8. The Morgan fingerprint density at radius 2 is 1.62 bits per heavy atom. The van der Waals surface area contributed by atoms with Crippen molar-refractivity contribution in [1.82, 2.24) is 10.2 Å². The molecule has 3 rings (SSSR count). The smallest absolute Gasteiger partial charge is 0.264 e. The fourth-order valence-electron chi connectivity index (χ4n) is 4.30. The van der Waals surface area contributed by atoms with Gasteiger partial charge >= 0.3 is 0 Å². The van der Waals surface area contributed by atoms with Crippen molar-refractivity contribution in [3.8, 4) is 0 Å². The van der Waals surface area contributed by atoms with Crippen molar-refractivity contribution in [2.75, 3.05) is 17.4 Å². The van der Waals surface area contributed by atoms with Crippen LogP contribution in [0.15, 0.2) is 77.7 Å². The minimum Gasteiger partial charge on any atom is -0.354 e. The van der Waals surface area contributed by atoms with Gasteiger partial charge in [-0.25, -0.2) is 8.42 Å². The number of halogens is 1. The average molecular weight is 584 g/mol. The van der Waals surface area contributed by atoms with Gasteiger partial charge in [0.1, 0.15) is 12.6 Å². The molecule has 1 unspecified atom stereocenters. The summed E-state index contributed by atoms with van der Waals surface area (Å²) in [5.41, 5.74) is 2.96. The molecule has 2 amide bonds. The van der Waals surface area contributed by atoms with E-state index in [4.69, 9.17) is 11.6 Å². The number of aryl methyl sites for hydroxylation is 2. The molecule has 0 heterocycles. The van der Waals surface area contributed by atoms with E-state index in [1.54, 1.807) is 36.4 Å². The fraction of sp³-hybridized carbons (Fsp3) is 0.355. The Balaban J connectivity index is 2.04. The SMILES string of the molecule is CCCCNC(=O)C(CC)N(Cc1ccc(C)cc1)C(=O)CN(c1ccc(C)c(Cl)c1)S(=O)(=O)c1ccccc1. The number of unbranched alkanes of at least 4 members (excludes halogenated alkanes) is 1. The van der Waals surface area contributed by atoms with Crippen LogP contribution < -0.4 is 9.62 Å². The number of carbonyl (C=O) groups excluding carboxylic acids is 2. The van der Waals surface area contributed by atoms with Gasteiger partial charge < -0.3 is 10.2 Å². The Morgan fingerprint density at radius 1 is 0.950 bits per heavy atom. The molecule has 214 valence electrons. The Labute approximate surface area is 243 Å². The lowest BCUT2D eigenvalue weighted by atomic mass is 10.1. The van der Waals surface area contributed by atoms with Gasteiger partial charge in [0, 0.05) is 18.1 Å². The fourth-order valence-corrected chi connectivity index (χ4v) is 5.90. The number of hydrogen-bond donors (Lipinski definition) is 1. The first-order valence-corrected chi connectivity index (χ1v) is 15.4. The molecule has 9 heteroatoms. The maximum atomic E-state index is 14.1. The van der Waals surface area contributed by atoms with Gasteiger partial charge in [0.2, 0.25) is 11.8 Å². The van der Waals surface area contributed by atoms with Crippen LogP contribution in [0.4, 0.5) is 5.69 Å². The van der Waals surface area contributed by atoms with Crippen LogP contribution in [0.5, 0.6) is 0 Å². The summed E-state index contributed by atoms with van der Waals surface area (Å²) in [4.78, 5) is 28.8. The number of rotatable bonds is 13. The standard InChI is InChI=1S/C31H38ClN3O4S/c1-5-7-19-33-31(37)29(6-2)34(21-25-16-13-23(3)14-17-25)30(36)22-35(26-18-15-24(4)28(32)20-26)40(38,39)27-11-9-8-10-12-27/h8-18,20,29H,5-7,19,21-22H2,1-4H3,(H,33,37). The highest BCUT2D eigenvalue weighted by molar-refractivity contribution is 7.92. The van der Waals surface area contributed by atoms with E-state index in [9.17, 15) is 18.0 Å². The molecule has 0 aliphatic heterocycles. The second-order valence-electron chi connectivity index (χ2n) is 9.83. The van der Waals surface area contributed by atoms with E-state index in [1.807, 2.05) is 52.0 Å². The zero-order chi connectivity index (χ0) is 29.3. The van der Waals surface area contributed by atoms with Gasteiger partial charge in [-0.2, -0.15) is 0 Å². The molecule has 0 saturated heterocycles. The molecular formula is C31H38ClN3O4S. The summed E-state index contributed by atoms with van der Waals surface area (Å²) in [5.74, 6) is -0.749. The van der Waals surface area contributed by atoms with Gasteiger partial charge in [0.25, 0.3) is 10.0 Å². The minimum atomic E-state index is -4.13. The first-order chi connectivity index (χ1) is 19.1. The third kappa shape index (κ3) is 7.86. The Kier molecular flexibility index (Phi) is 11.2. The second kappa shape index (κ2) is 14.3. The van der Waals surface area contributed by atoms with Crippen LogP contribution in [0.1, 0.15) is 49.8 Å². The lowest BCUT2D eigenvalue weighted by Gasteiger charge is -2.33. The van der Waals surface area contributed by atoms with E-state index in [0.29, 0.717) is 18.0 Å². The van der Waals surface area contributed by atoms with Crippen LogP contribution in [0.2, 0.25) is 5.02 Å². The first kappa shape index (κ1) is 31.2. The van der Waals surface area contributed by atoms with E-state index >= 15 is 0 Å². The van der Waals surface area contributed by atoms with E-state index in [1.165, 1.54) is 17.0 Å². The summed E-state index contributed by atoms with van der Waals surface area (Å²) in [5, 5.41) is 3.32. The minimum absolute atomic E-state index is 0.0499. The van der Waals surface area contributed by atoms with Crippen molar-refractivity contribution in [3.63, 3.8) is 0 Å². The molecule has 7 nitrogen and oxygen atoms in total. The van der Waals surface area contributed by atoms with Gasteiger partial charge in [-0.05, 0) is 62.1 Å². The molecule has 0 spiro atoms. The number of amides is 2. The van der Waals surface area contributed by atoms with Gasteiger partial charge in [-0.3, -0.25) is 13.9 Å². The summed E-state index contributed by atoms with van der Waals surface area (Å²) in [7, 11) is -4.13. The van der Waals surface area contributed by atoms with Gasteiger partial charge in [-0.1, -0.05) is 86.0 Å². The number of carbonyl (C=O) groups is 2. The molecule has 0 aromatic heterocycles. The van der Waals surface area contributed by atoms with E-state index in [0.717, 1.165) is 33.8 Å². The highest BCUT2D eigenvalue weighted by atomic mass is 35.5. The highest BCUT2D eigenvalue weighted by Gasteiger charge is 2.33. The zero-order valence-electron chi connectivity index (χ0n) is 23.6. The normalized spacial score (nSPS) is 12.0. The van der Waals surface area contributed by atoms with Crippen molar-refractivity contribution in [3.05, 3.63) is 94.5 Å². The molecular weight excluding hydrogens is 546 g/mol. The second-order valence-corrected chi connectivity index (χ2v) is 12.1. The lowest BCUT2D eigenvalue weighted by Crippen LogP contribution is -2.52. The van der Waals surface area contributed by atoms with Crippen molar-refractivity contribution < 1.29 is 18.0 Å². The molecule has 0 saturated carbocycles. The Morgan fingerprint density at radius 3 is 2.23 bits per heavy atom. The Bertz CT molecular complexity index is 1400. The maximum absolute atomic E-state index is 14.1. The van der Waals surface area contributed by atoms with Gasteiger partial charge in [-0.15, -0.1) is 0 Å². The summed E-state index contributed by atoms with van der Waals surface area (Å²) in [6.45, 7) is 7.84. The molecule has 3 aromatic carbocycles. The third-order valence-electron chi connectivity index (χ3n) is 6.74. The molecule has 40 heavy (non-hydrogen) atoms. The van der Waals surface area contributed by atoms with Crippen LogP contribution in [-0.2, 0) is 26.2 Å². The predicted octanol–water partition coefficient (Wildman–Crippen LogP) is 5.88. The number of benzene rings is 3. The predicted molar refractivity (Wildman–Crippen MR) is 161 cm³/mol. The molecule has 0 aliphatic carbocycles. The van der Waals surface area contributed by atoms with Crippen LogP contribution >= 0.6 is 11.6 Å². The molecule has 0 bridgehead atoms. The number of nitrogens with one attached hydrogen (secondary N) is 1. The molecule has 0 aliphatic rings. The molecule has 3 aromatic rings. The van der Waals surface area contributed by atoms with Crippen molar-refractivity contribution >= 4 is 39.1 Å². The molecule has 0 radical (unpaired) electrons. The number of sulfonamides is 1. The van der Waals surface area contributed by atoms with Crippen molar-refractivity contribution in [2.45, 2.75) is 64.4 Å². The molecule has 0 fully saturated rings. The average Bonchev–Trinajstić information content (AvgIpc) is 2.94. The van der Waals surface area contributed by atoms with Crippen LogP contribution in [0, 0.1) is 13.8 Å². The number of nitrogens with zero attached hydrogens (tertiary/aromatic N) is 2. The van der Waals surface area contributed by atoms with Crippen molar-refractivity contribution in [1.29, 1.82) is 0 Å². The third-order valence-corrected chi connectivity index (χ3v) is 8.94. The van der Waals surface area contributed by atoms with E-state index in [-0.39, 0.29) is 23.0 Å². The lowest BCUT2D eigenvalue weighted by molar-refractivity contribution is -0.140. The summed E-state index contributed by atoms with van der Waals surface area (Å²) < 4.78 is 28.8. The molecule has 1 N–H and O–H groups in total. The Hall–Kier alpha value is -3.36. The quantitative estimate of drug-likeness (QED) is 0.255. The van der Waals surface area contributed by atoms with E-state index < -0.39 is 28.5 Å². The van der Waals surface area contributed by atoms with Crippen LogP contribution in [0.25, 0.3) is 0 Å². The summed E-state index contributed by atoms with van der Waals surface area (Å²) in [6.07, 6.45) is 2.12. The van der Waals surface area contributed by atoms with Crippen molar-refractivity contribution in [2.24, 2.45) is 0 Å². The van der Waals surface area contributed by atoms with Crippen LogP contribution in [0.3, 0.4) is 0 Å². The highest BCUT2D eigenvalue weighted by Crippen LogP contribution is 2.28. The van der Waals surface area contributed by atoms with Crippen LogP contribution in [-0.4, -0.2) is 44.3 Å².